The molecule has 0 amide bonds. The number of H-pyrrole nitrogens is 1. The van der Waals surface area contributed by atoms with Crippen LogP contribution in [0.3, 0.4) is 0 Å². The van der Waals surface area contributed by atoms with E-state index in [2.05, 4.69) is 15.7 Å². The second-order valence-electron chi connectivity index (χ2n) is 14.4. The number of hydrogen-bond acceptors (Lipinski definition) is 12. The molecule has 5 rings (SSSR count). The maximum atomic E-state index is 13.4. The third kappa shape index (κ3) is 12.2. The molecule has 0 aliphatic heterocycles. The Bertz CT molecular complexity index is 2210. The van der Waals surface area contributed by atoms with Crippen molar-refractivity contribution in [2.45, 2.75) is 64.1 Å². The Kier molecular flexibility index (Phi) is 17.4. The van der Waals surface area contributed by atoms with Crippen molar-refractivity contribution in [1.82, 2.24) is 14.2 Å². The molecule has 1 unspecified atom stereocenters. The molecule has 15 heteroatoms. The van der Waals surface area contributed by atoms with Crippen molar-refractivity contribution in [3.8, 4) is 17.6 Å². The molecule has 3 atom stereocenters. The maximum absolute atomic E-state index is 13.4. The van der Waals surface area contributed by atoms with E-state index < -0.39 is 50.3 Å². The minimum Gasteiger partial charge on any atom is -0.497 e. The first kappa shape index (κ1) is 46.4. The Hall–Kier alpha value is -5.65. The Balaban J connectivity index is 1.62. The number of benzene rings is 4. The minimum atomic E-state index is -1.75. The second-order valence-corrected chi connectivity index (χ2v) is 15.8. The topological polar surface area (TPSA) is 164 Å². The second kappa shape index (κ2) is 22.8. The molecule has 14 nitrogen and oxygen atoms in total. The normalized spacial score (nSPS) is 13.1. The van der Waals surface area contributed by atoms with Gasteiger partial charge in [-0.1, -0.05) is 72.8 Å². The summed E-state index contributed by atoms with van der Waals surface area (Å²) < 4.78 is 46.9. The van der Waals surface area contributed by atoms with Crippen LogP contribution < -0.4 is 20.7 Å². The molecule has 4 aromatic carbocycles. The van der Waals surface area contributed by atoms with Crippen molar-refractivity contribution in [3.05, 3.63) is 165 Å². The third-order valence-electron chi connectivity index (χ3n) is 9.57. The van der Waals surface area contributed by atoms with Gasteiger partial charge < -0.3 is 32.7 Å². The zero-order valence-corrected chi connectivity index (χ0v) is 36.2. The SMILES string of the molecule is COc1ccc(C(OC[C@H](COP(OCCC#N)N(C(C)C)C(C)C)O[C@H](COC(=O)c2ccccc2)n2ccc(=O)[nH]c2=O)(c2ccccc2)c2ccc(OC)cc2)cc1. The number of esters is 1. The molecule has 0 bridgehead atoms. The number of carbonyl (C=O) groups excluding carboxylic acids is 1. The molecule has 1 N–H and O–H groups in total. The average Bonchev–Trinajstić information content (AvgIpc) is 3.27. The first-order valence-electron chi connectivity index (χ1n) is 19.9. The molecule has 0 spiro atoms. The lowest BCUT2D eigenvalue weighted by Gasteiger charge is -2.38. The molecule has 0 saturated heterocycles. The van der Waals surface area contributed by atoms with Gasteiger partial charge in [-0.3, -0.25) is 14.3 Å². The van der Waals surface area contributed by atoms with Crippen molar-refractivity contribution < 1.29 is 37.5 Å². The summed E-state index contributed by atoms with van der Waals surface area (Å²) in [5.41, 5.74) is -0.0301. The molecule has 0 saturated carbocycles. The number of hydrogen-bond donors (Lipinski definition) is 1. The minimum absolute atomic E-state index is 0.00422. The highest BCUT2D eigenvalue weighted by atomic mass is 31.2. The van der Waals surface area contributed by atoms with Crippen LogP contribution in [0, 0.1) is 11.3 Å². The molecule has 0 fully saturated rings. The number of ether oxygens (including phenoxy) is 5. The quantitative estimate of drug-likeness (QED) is 0.0297. The predicted octanol–water partition coefficient (Wildman–Crippen LogP) is 7.60. The van der Waals surface area contributed by atoms with E-state index in [-0.39, 0.29) is 38.3 Å². The Labute approximate surface area is 357 Å². The smallest absolute Gasteiger partial charge is 0.338 e. The van der Waals surface area contributed by atoms with E-state index in [1.54, 1.807) is 44.6 Å². The van der Waals surface area contributed by atoms with Crippen LogP contribution in [0.4, 0.5) is 0 Å². The van der Waals surface area contributed by atoms with E-state index in [9.17, 15) is 19.6 Å². The van der Waals surface area contributed by atoms with Gasteiger partial charge in [0.05, 0.1) is 52.1 Å². The highest BCUT2D eigenvalue weighted by Crippen LogP contribution is 2.47. The number of rotatable bonds is 23. The molecule has 0 radical (unpaired) electrons. The van der Waals surface area contributed by atoms with E-state index in [1.807, 2.05) is 107 Å². The molecular formula is C46H53N4O10P. The molecule has 1 aromatic heterocycles. The molecule has 61 heavy (non-hydrogen) atoms. The van der Waals surface area contributed by atoms with Crippen LogP contribution in [-0.2, 0) is 28.9 Å². The van der Waals surface area contributed by atoms with Crippen LogP contribution in [0.2, 0.25) is 0 Å². The van der Waals surface area contributed by atoms with Crippen LogP contribution in [0.1, 0.15) is 67.4 Å². The summed E-state index contributed by atoms with van der Waals surface area (Å²) in [5.74, 6) is 0.662. The van der Waals surface area contributed by atoms with Crippen LogP contribution in [-0.4, -0.2) is 79.0 Å². The van der Waals surface area contributed by atoms with Crippen LogP contribution in [0.5, 0.6) is 11.5 Å². The zero-order chi connectivity index (χ0) is 43.8. The number of nitrogens with zero attached hydrogens (tertiary/aromatic N) is 3. The largest absolute Gasteiger partial charge is 0.497 e. The number of aromatic nitrogens is 2. The van der Waals surface area contributed by atoms with E-state index in [4.69, 9.17) is 32.7 Å². The van der Waals surface area contributed by atoms with Crippen molar-refractivity contribution in [3.63, 3.8) is 0 Å². The predicted molar refractivity (Wildman–Crippen MR) is 231 cm³/mol. The van der Waals surface area contributed by atoms with Gasteiger partial charge in [-0.2, -0.15) is 5.26 Å². The summed E-state index contributed by atoms with van der Waals surface area (Å²) in [6.07, 6.45) is -0.812. The standard InChI is InChI=1S/C46H53N4O10P/c1-33(2)50(34(3)4)61(58-29-13-27-47)59-31-41(60-43(49-28-26-42(51)48-45(49)53)32-56-44(52)35-14-9-7-10-15-35)30-57-46(36-16-11-8-12-17-36,37-18-22-39(54-5)23-19-37)38-20-24-40(55-6)25-21-38/h7-12,14-26,28,33-34,41,43H,13,29-32H2,1-6H3,(H,48,51,53)/t41-,43-,61?/m1/s1. The summed E-state index contributed by atoms with van der Waals surface area (Å²) in [5, 5.41) is 9.34. The number of methoxy groups -OCH3 is 2. The summed E-state index contributed by atoms with van der Waals surface area (Å²) in [6.45, 7) is 7.54. The van der Waals surface area contributed by atoms with Crippen LogP contribution in [0.25, 0.3) is 0 Å². The molecule has 1 heterocycles. The van der Waals surface area contributed by atoms with Gasteiger partial charge in [0.2, 0.25) is 0 Å². The summed E-state index contributed by atoms with van der Waals surface area (Å²) in [6, 6.07) is 36.6. The lowest BCUT2D eigenvalue weighted by molar-refractivity contribution is -0.138. The first-order valence-corrected chi connectivity index (χ1v) is 21.0. The molecular weight excluding hydrogens is 799 g/mol. The van der Waals surface area contributed by atoms with Crippen molar-refractivity contribution in [1.29, 1.82) is 5.26 Å². The van der Waals surface area contributed by atoms with Crippen molar-refractivity contribution >= 4 is 14.5 Å². The highest BCUT2D eigenvalue weighted by molar-refractivity contribution is 7.44. The summed E-state index contributed by atoms with van der Waals surface area (Å²) in [4.78, 5) is 41.1. The van der Waals surface area contributed by atoms with Gasteiger partial charge in [-0.05, 0) is 80.8 Å². The first-order chi connectivity index (χ1) is 29.5. The summed E-state index contributed by atoms with van der Waals surface area (Å²) >= 11 is 0. The fourth-order valence-electron chi connectivity index (χ4n) is 6.75. The van der Waals surface area contributed by atoms with Crippen LogP contribution in [0.15, 0.2) is 131 Å². The lowest BCUT2D eigenvalue weighted by atomic mass is 9.80. The molecule has 0 aliphatic carbocycles. The Morgan fingerprint density at radius 1 is 0.754 bits per heavy atom. The van der Waals surface area contributed by atoms with Gasteiger partial charge in [-0.15, -0.1) is 0 Å². The number of carbonyl (C=O) groups is 1. The number of nitrogens with one attached hydrogen (secondary N) is 1. The van der Waals surface area contributed by atoms with Crippen LogP contribution >= 0.6 is 8.53 Å². The Morgan fingerprint density at radius 3 is 1.84 bits per heavy atom. The van der Waals surface area contributed by atoms with Gasteiger partial charge in [0.1, 0.15) is 29.8 Å². The maximum Gasteiger partial charge on any atom is 0.338 e. The van der Waals surface area contributed by atoms with Gasteiger partial charge in [0.25, 0.3) is 14.1 Å². The van der Waals surface area contributed by atoms with E-state index >= 15 is 0 Å². The monoisotopic (exact) mass is 852 g/mol. The molecule has 322 valence electrons. The summed E-state index contributed by atoms with van der Waals surface area (Å²) in [7, 11) is 1.45. The van der Waals surface area contributed by atoms with Gasteiger partial charge >= 0.3 is 11.7 Å². The average molecular weight is 853 g/mol. The van der Waals surface area contributed by atoms with Gasteiger partial charge in [0, 0.05) is 24.3 Å². The van der Waals surface area contributed by atoms with E-state index in [0.29, 0.717) is 17.1 Å². The van der Waals surface area contributed by atoms with Crippen molar-refractivity contribution in [2.24, 2.45) is 0 Å². The Morgan fingerprint density at radius 2 is 1.31 bits per heavy atom. The lowest BCUT2D eigenvalue weighted by Crippen LogP contribution is -2.41. The van der Waals surface area contributed by atoms with Gasteiger partial charge in [-0.25, -0.2) is 14.3 Å². The van der Waals surface area contributed by atoms with E-state index in [0.717, 1.165) is 21.3 Å². The van der Waals surface area contributed by atoms with Crippen molar-refractivity contribution in [2.75, 3.05) is 40.6 Å². The highest BCUT2D eigenvalue weighted by Gasteiger charge is 2.40. The third-order valence-corrected chi connectivity index (χ3v) is 11.6. The molecule has 5 aromatic rings. The van der Waals surface area contributed by atoms with Gasteiger partial charge in [0.15, 0.2) is 6.23 Å². The number of aromatic amines is 1. The number of nitriles is 1. The molecule has 0 aliphatic rings. The zero-order valence-electron chi connectivity index (χ0n) is 35.3. The fraction of sp³-hybridized carbons (Fsp3) is 0.348. The fourth-order valence-corrected chi connectivity index (χ4v) is 8.38. The van der Waals surface area contributed by atoms with E-state index in [1.165, 1.54) is 12.3 Å².